The Hall–Kier alpha value is -8.19. The predicted octanol–water partition coefficient (Wildman–Crippen LogP) is 10.1. The van der Waals surface area contributed by atoms with E-state index in [-0.39, 0.29) is 31.2 Å². The number of alkyl carbamates (subject to hydrolysis) is 1. The van der Waals surface area contributed by atoms with E-state index in [9.17, 15) is 28.9 Å². The normalized spacial score (nSPS) is 15.3. The summed E-state index contributed by atoms with van der Waals surface area (Å²) in [5, 5.41) is 49.0. The molecule has 1 aromatic carbocycles. The topological polar surface area (TPSA) is 354 Å². The quantitative estimate of drug-likeness (QED) is 0.0558. The molecule has 23 nitrogen and oxygen atoms in total. The van der Waals surface area contributed by atoms with Crippen molar-refractivity contribution in [2.45, 2.75) is 84.1 Å². The molecule has 1 aliphatic carbocycles. The number of carbonyl (C=O) groups is 1. The molecule has 12 aromatic rings. The molecule has 0 radical (unpaired) electrons. The van der Waals surface area contributed by atoms with Crippen LogP contribution in [0, 0.1) is 35.8 Å². The number of ether oxygens (including phenoxy) is 1. The molecule has 0 bridgehead atoms. The van der Waals surface area contributed by atoms with E-state index in [0.717, 1.165) is 51.4 Å². The van der Waals surface area contributed by atoms with E-state index in [1.54, 1.807) is 88.4 Å². The number of aliphatic hydroxyl groups excluding tert-OH is 3. The van der Waals surface area contributed by atoms with Crippen LogP contribution in [0.3, 0.4) is 0 Å². The van der Waals surface area contributed by atoms with Crippen molar-refractivity contribution in [1.29, 1.82) is 5.26 Å². The van der Waals surface area contributed by atoms with Gasteiger partial charge in [-0.25, -0.2) is 53.4 Å². The lowest BCUT2D eigenvalue weighted by Gasteiger charge is -2.21. The Morgan fingerprint density at radius 3 is 1.82 bits per heavy atom. The van der Waals surface area contributed by atoms with Crippen LogP contribution >= 0.6 is 68.3 Å². The largest absolute Gasteiger partial charge is 0.444 e. The number of pyridine rings is 5. The zero-order valence-corrected chi connectivity index (χ0v) is 52.0. The first-order valence-corrected chi connectivity index (χ1v) is 31.3. The number of rotatable bonds is 11. The molecular weight excluding hydrogens is 1250 g/mol. The van der Waals surface area contributed by atoms with Gasteiger partial charge in [-0.1, -0.05) is 17.7 Å². The molecule has 4 atom stereocenters. The first-order valence-electron chi connectivity index (χ1n) is 26.6. The molecule has 1 saturated carbocycles. The van der Waals surface area contributed by atoms with Gasteiger partial charge in [-0.2, -0.15) is 10.2 Å². The Kier molecular flexibility index (Phi) is 21.7. The molecule has 31 heteroatoms. The maximum Gasteiger partial charge on any atom is 0.407 e. The van der Waals surface area contributed by atoms with Crippen molar-refractivity contribution in [2.75, 3.05) is 17.2 Å². The van der Waals surface area contributed by atoms with Gasteiger partial charge in [0.2, 0.25) is 5.95 Å². The summed E-state index contributed by atoms with van der Waals surface area (Å²) in [6.07, 6.45) is 6.04. The van der Waals surface area contributed by atoms with Gasteiger partial charge in [0.25, 0.3) is 0 Å². The van der Waals surface area contributed by atoms with E-state index in [0.29, 0.717) is 69.2 Å². The summed E-state index contributed by atoms with van der Waals surface area (Å²) in [4.78, 5) is 62.2. The first kappa shape index (κ1) is 64.3. The molecule has 0 spiro atoms. The summed E-state index contributed by atoms with van der Waals surface area (Å²) in [5.74, 6) is -1.47. The highest BCUT2D eigenvalue weighted by molar-refractivity contribution is 7.21. The number of amides is 1. The Bertz CT molecular complexity index is 4370. The number of fused-ring (bicyclic) bond motifs is 5. The van der Waals surface area contributed by atoms with Crippen LogP contribution in [-0.4, -0.2) is 112 Å². The molecular formula is C57H55ClF2N18O5S5. The van der Waals surface area contributed by atoms with Crippen molar-refractivity contribution in [3.63, 3.8) is 0 Å². The van der Waals surface area contributed by atoms with E-state index < -0.39 is 47.5 Å². The number of anilines is 2. The SMILES string of the molecule is CC(C)(C)OC(=O)NCc1nccc2scnc12.Cc1nc(NCc2c(F)cccc2F)nc(N[C@@H]2C[C@H](CO)[C@@H](O)[C@H]2O)c1-c1nc2c(CN)nccc2s1.Clc1nccc2scnc12.N#Cc1nccc2scnc12.NCc1nccc2scnc12. The summed E-state index contributed by atoms with van der Waals surface area (Å²) < 4.78 is 38.6. The number of aryl methyl sites for hydroxylation is 1. The minimum atomic E-state index is -1.15. The fourth-order valence-electron chi connectivity index (χ4n) is 8.74. The second-order valence-electron chi connectivity index (χ2n) is 19.9. The van der Waals surface area contributed by atoms with Crippen LogP contribution in [-0.2, 0) is 30.9 Å². The van der Waals surface area contributed by atoms with Crippen molar-refractivity contribution >= 4 is 137 Å². The number of aliphatic hydroxyl groups is 3. The van der Waals surface area contributed by atoms with Crippen molar-refractivity contribution in [3.8, 4) is 16.6 Å². The molecule has 1 amide bonds. The van der Waals surface area contributed by atoms with Gasteiger partial charge in [0.1, 0.15) is 67.8 Å². The van der Waals surface area contributed by atoms with Gasteiger partial charge in [-0.05, 0) is 76.6 Å². The van der Waals surface area contributed by atoms with Crippen LogP contribution in [0.1, 0.15) is 61.2 Å². The molecule has 1 aliphatic rings. The third-order valence-corrected chi connectivity index (χ3v) is 17.4. The fourth-order valence-corrected chi connectivity index (χ4v) is 12.8. The van der Waals surface area contributed by atoms with Crippen LogP contribution in [0.2, 0.25) is 5.15 Å². The standard InChI is InChI=1S/C25H27F2N7O3S.C12H15N3O2S.C7H7N3S.C7H3N3S.C6H3ClN2S/c1-11-19(24-33-20-17(8-28)29-6-5-18(20)38-24)23(32-16-7-12(10-35)21(36)22(16)37)34-25(31-11)30-9-13-14(26)3-2-4-15(13)27;1-12(2,3)17-11(16)14-6-8-10-9(4-5-13-8)18-7-15-10;2*8-3-5-7-6(1-2-9-5)11-4-10-7;7-6-5-4(1-2-8-6)10-3-9-5/h2-6,12,16,21-22,35-37H,7-10,28H2,1H3,(H2,30,31,32,34);4-5,7H,6H2,1-3H3,(H,14,16);1-2,4H,3,8H2;1-2,4H;1-3H/t12-,16-,21-,22+;;;;/m1..../s1. The summed E-state index contributed by atoms with van der Waals surface area (Å²) in [6.45, 7) is 7.74. The number of nitrogens with one attached hydrogen (secondary N) is 3. The fraction of sp³-hybridized carbons (Fsp3) is 0.263. The number of hydrogen-bond donors (Lipinski definition) is 8. The van der Waals surface area contributed by atoms with E-state index in [4.69, 9.17) is 38.1 Å². The van der Waals surface area contributed by atoms with Gasteiger partial charge >= 0.3 is 6.09 Å². The van der Waals surface area contributed by atoms with E-state index in [2.05, 4.69) is 70.8 Å². The molecule has 0 saturated heterocycles. The zero-order chi connectivity index (χ0) is 62.5. The second-order valence-corrected chi connectivity index (χ2v) is 24.8. The Morgan fingerprint density at radius 2 is 1.24 bits per heavy atom. The van der Waals surface area contributed by atoms with Gasteiger partial charge < -0.3 is 47.5 Å². The summed E-state index contributed by atoms with van der Waals surface area (Å²) in [5.41, 5.74) is 25.4. The Morgan fingerprint density at radius 1 is 0.705 bits per heavy atom. The number of nitrogens with zero attached hydrogens (tertiary/aromatic N) is 13. The van der Waals surface area contributed by atoms with Crippen molar-refractivity contribution in [2.24, 2.45) is 17.4 Å². The molecule has 11 heterocycles. The molecule has 454 valence electrons. The van der Waals surface area contributed by atoms with Gasteiger partial charge in [0, 0.05) is 68.7 Å². The van der Waals surface area contributed by atoms with Crippen LogP contribution in [0.4, 0.5) is 25.3 Å². The van der Waals surface area contributed by atoms with Gasteiger partial charge in [0.15, 0.2) is 10.8 Å². The highest BCUT2D eigenvalue weighted by atomic mass is 35.5. The second kappa shape index (κ2) is 29.7. The monoisotopic (exact) mass is 1300 g/mol. The van der Waals surface area contributed by atoms with Gasteiger partial charge in [0.05, 0.1) is 92.6 Å². The summed E-state index contributed by atoms with van der Waals surface area (Å²) >= 11 is 13.4. The highest BCUT2D eigenvalue weighted by Gasteiger charge is 2.42. The number of nitrogens with two attached hydrogens (primary N) is 2. The van der Waals surface area contributed by atoms with E-state index in [1.807, 2.05) is 62.7 Å². The first-order chi connectivity index (χ1) is 42.5. The zero-order valence-electron chi connectivity index (χ0n) is 47.2. The average Bonchev–Trinajstić information content (AvgIpc) is 2.49. The highest BCUT2D eigenvalue weighted by Crippen LogP contribution is 2.39. The Labute approximate surface area is 525 Å². The Balaban J connectivity index is 0.000000150. The van der Waals surface area contributed by atoms with Crippen LogP contribution in [0.5, 0.6) is 0 Å². The van der Waals surface area contributed by atoms with Crippen molar-refractivity contribution < 1.29 is 33.6 Å². The van der Waals surface area contributed by atoms with Crippen molar-refractivity contribution in [1.82, 2.24) is 65.1 Å². The molecule has 0 aliphatic heterocycles. The molecule has 11 aromatic heterocycles. The summed E-state index contributed by atoms with van der Waals surface area (Å²) in [7, 11) is 0. The van der Waals surface area contributed by atoms with Crippen LogP contribution in [0.25, 0.3) is 61.7 Å². The molecule has 13 rings (SSSR count). The predicted molar refractivity (Wildman–Crippen MR) is 340 cm³/mol. The third-order valence-electron chi connectivity index (χ3n) is 12.9. The smallest absolute Gasteiger partial charge is 0.407 e. The van der Waals surface area contributed by atoms with Crippen molar-refractivity contribution in [3.05, 3.63) is 152 Å². The van der Waals surface area contributed by atoms with Crippen LogP contribution < -0.4 is 27.4 Å². The molecule has 0 unspecified atom stereocenters. The van der Waals surface area contributed by atoms with Gasteiger partial charge in [-0.3, -0.25) is 15.0 Å². The molecule has 1 fully saturated rings. The number of aromatic nitrogens is 12. The maximum atomic E-state index is 14.2. The molecule has 88 heavy (non-hydrogen) atoms. The number of halogens is 3. The molecule has 10 N–H and O–H groups in total. The van der Waals surface area contributed by atoms with Crippen LogP contribution in [0.15, 0.2) is 102 Å². The lowest BCUT2D eigenvalue weighted by atomic mass is 10.1. The minimum Gasteiger partial charge on any atom is -0.444 e. The minimum absolute atomic E-state index is 0.105. The lowest BCUT2D eigenvalue weighted by Crippen LogP contribution is -2.35. The maximum absolute atomic E-state index is 14.2. The average molecular weight is 1310 g/mol. The number of hydrogen-bond acceptors (Lipinski definition) is 27. The lowest BCUT2D eigenvalue weighted by molar-refractivity contribution is 0.00446. The van der Waals surface area contributed by atoms with E-state index in [1.165, 1.54) is 40.9 Å². The third kappa shape index (κ3) is 15.7. The van der Waals surface area contributed by atoms with Gasteiger partial charge in [-0.15, -0.1) is 56.7 Å². The summed E-state index contributed by atoms with van der Waals surface area (Å²) in [6, 6.07) is 14.4. The number of thiazole rings is 5. The number of carbonyl (C=O) groups excluding carboxylic acids is 1. The van der Waals surface area contributed by atoms with E-state index >= 15 is 0 Å². The number of nitriles is 1. The number of benzene rings is 1.